The summed E-state index contributed by atoms with van der Waals surface area (Å²) in [5.41, 5.74) is 6.69. The molecule has 0 aromatic heterocycles. The maximum Gasteiger partial charge on any atom is 0.270 e. The van der Waals surface area contributed by atoms with E-state index in [1.807, 2.05) is 6.07 Å². The second-order valence-corrected chi connectivity index (χ2v) is 5.13. The number of anilines is 1. The molecule has 6 heteroatoms. The van der Waals surface area contributed by atoms with Crippen LogP contribution in [0.5, 0.6) is 0 Å². The number of benzene rings is 1. The molecule has 1 aromatic carbocycles. The van der Waals surface area contributed by atoms with Crippen molar-refractivity contribution in [2.75, 3.05) is 11.9 Å². The Labute approximate surface area is 117 Å². The lowest BCUT2D eigenvalue weighted by Gasteiger charge is -2.32. The summed E-state index contributed by atoms with van der Waals surface area (Å²) in [6.07, 6.45) is 4.43. The van der Waals surface area contributed by atoms with Crippen LogP contribution in [0.4, 0.5) is 11.4 Å². The third-order valence-electron chi connectivity index (χ3n) is 3.89. The van der Waals surface area contributed by atoms with Crippen molar-refractivity contribution in [3.8, 4) is 6.07 Å². The molecule has 0 saturated heterocycles. The summed E-state index contributed by atoms with van der Waals surface area (Å²) in [4.78, 5) is 10.2. The normalized spacial score (nSPS) is 22.0. The first-order valence-electron chi connectivity index (χ1n) is 6.81. The maximum atomic E-state index is 10.7. The molecule has 2 atom stereocenters. The molecule has 0 heterocycles. The summed E-state index contributed by atoms with van der Waals surface area (Å²) in [6, 6.07) is 6.59. The van der Waals surface area contributed by atoms with E-state index in [1.165, 1.54) is 18.6 Å². The number of nitro benzene ring substituents is 1. The molecule has 2 unspecified atom stereocenters. The topological polar surface area (TPSA) is 105 Å². The van der Waals surface area contributed by atoms with Crippen molar-refractivity contribution in [3.63, 3.8) is 0 Å². The zero-order valence-corrected chi connectivity index (χ0v) is 11.2. The van der Waals surface area contributed by atoms with Crippen LogP contribution >= 0.6 is 0 Å². The fraction of sp³-hybridized carbons (Fsp3) is 0.500. The quantitative estimate of drug-likeness (QED) is 0.647. The second-order valence-electron chi connectivity index (χ2n) is 5.13. The first-order valence-corrected chi connectivity index (χ1v) is 6.81. The van der Waals surface area contributed by atoms with Crippen LogP contribution < -0.4 is 11.1 Å². The maximum absolute atomic E-state index is 10.7. The van der Waals surface area contributed by atoms with Gasteiger partial charge in [0.15, 0.2) is 0 Å². The van der Waals surface area contributed by atoms with Crippen molar-refractivity contribution < 1.29 is 4.92 Å². The first-order chi connectivity index (χ1) is 9.65. The molecule has 1 fully saturated rings. The number of nitriles is 1. The predicted octanol–water partition coefficient (Wildman–Crippen LogP) is 2.40. The van der Waals surface area contributed by atoms with Gasteiger partial charge in [0.05, 0.1) is 16.2 Å². The van der Waals surface area contributed by atoms with Crippen LogP contribution in [0.2, 0.25) is 0 Å². The van der Waals surface area contributed by atoms with E-state index in [-0.39, 0.29) is 11.7 Å². The highest BCUT2D eigenvalue weighted by molar-refractivity contribution is 5.61. The van der Waals surface area contributed by atoms with E-state index in [0.717, 1.165) is 19.3 Å². The van der Waals surface area contributed by atoms with Crippen LogP contribution in [0.1, 0.15) is 31.2 Å². The molecule has 0 aliphatic heterocycles. The number of hydrogen-bond donors (Lipinski definition) is 2. The Morgan fingerprint density at radius 1 is 1.45 bits per heavy atom. The zero-order valence-electron chi connectivity index (χ0n) is 11.2. The molecule has 106 valence electrons. The van der Waals surface area contributed by atoms with E-state index < -0.39 is 4.92 Å². The van der Waals surface area contributed by atoms with Crippen LogP contribution in [0.3, 0.4) is 0 Å². The third-order valence-corrected chi connectivity index (χ3v) is 3.89. The van der Waals surface area contributed by atoms with E-state index >= 15 is 0 Å². The molecule has 6 nitrogen and oxygen atoms in total. The van der Waals surface area contributed by atoms with Crippen molar-refractivity contribution in [2.45, 2.75) is 31.7 Å². The first kappa shape index (κ1) is 14.3. The number of hydrogen-bond acceptors (Lipinski definition) is 5. The Bertz CT molecular complexity index is 538. The van der Waals surface area contributed by atoms with Gasteiger partial charge in [0, 0.05) is 18.2 Å². The summed E-state index contributed by atoms with van der Waals surface area (Å²) >= 11 is 0. The van der Waals surface area contributed by atoms with E-state index in [9.17, 15) is 10.1 Å². The van der Waals surface area contributed by atoms with E-state index in [0.29, 0.717) is 23.7 Å². The van der Waals surface area contributed by atoms with Gasteiger partial charge in [-0.15, -0.1) is 0 Å². The number of nitro groups is 1. The SMILES string of the molecule is N#Cc1cc([N+](=O)[O-])ccc1NC1CCCCC1CN. The highest BCUT2D eigenvalue weighted by atomic mass is 16.6. The average molecular weight is 274 g/mol. The van der Waals surface area contributed by atoms with E-state index in [4.69, 9.17) is 11.0 Å². The van der Waals surface area contributed by atoms with Gasteiger partial charge in [-0.2, -0.15) is 5.26 Å². The number of nitrogens with two attached hydrogens (primary N) is 1. The molecule has 1 aliphatic carbocycles. The standard InChI is InChI=1S/C14H18N4O2/c15-8-10-3-1-2-4-13(10)17-14-6-5-12(18(19)20)7-11(14)9-16/h5-7,10,13,17H,1-4,8,15H2. The van der Waals surface area contributed by atoms with Crippen LogP contribution in [-0.2, 0) is 0 Å². The molecule has 1 saturated carbocycles. The molecule has 0 bridgehead atoms. The van der Waals surface area contributed by atoms with Crippen molar-refractivity contribution in [1.82, 2.24) is 0 Å². The second kappa shape index (κ2) is 6.35. The molecular weight excluding hydrogens is 256 g/mol. The number of non-ortho nitro benzene ring substituents is 1. The van der Waals surface area contributed by atoms with Gasteiger partial charge in [0.25, 0.3) is 5.69 Å². The summed E-state index contributed by atoms with van der Waals surface area (Å²) in [5, 5.41) is 23.2. The predicted molar refractivity (Wildman–Crippen MR) is 76.2 cm³/mol. The number of rotatable bonds is 4. The molecule has 0 spiro atoms. The van der Waals surface area contributed by atoms with Gasteiger partial charge in [-0.05, 0) is 31.4 Å². The monoisotopic (exact) mass is 274 g/mol. The number of nitrogens with one attached hydrogen (secondary N) is 1. The Hall–Kier alpha value is -2.13. The van der Waals surface area contributed by atoms with E-state index in [2.05, 4.69) is 5.32 Å². The molecule has 0 amide bonds. The summed E-state index contributed by atoms with van der Waals surface area (Å²) < 4.78 is 0. The van der Waals surface area contributed by atoms with Gasteiger partial charge in [0.2, 0.25) is 0 Å². The van der Waals surface area contributed by atoms with Gasteiger partial charge in [-0.1, -0.05) is 12.8 Å². The minimum atomic E-state index is -0.492. The Balaban J connectivity index is 2.20. The van der Waals surface area contributed by atoms with Gasteiger partial charge < -0.3 is 11.1 Å². The van der Waals surface area contributed by atoms with Crippen LogP contribution in [0.25, 0.3) is 0 Å². The van der Waals surface area contributed by atoms with Crippen LogP contribution in [0.15, 0.2) is 18.2 Å². The summed E-state index contributed by atoms with van der Waals surface area (Å²) in [5.74, 6) is 0.394. The van der Waals surface area contributed by atoms with Crippen molar-refractivity contribution >= 4 is 11.4 Å². The molecule has 0 radical (unpaired) electrons. The fourth-order valence-electron chi connectivity index (χ4n) is 2.74. The van der Waals surface area contributed by atoms with Gasteiger partial charge in [0.1, 0.15) is 6.07 Å². The minimum Gasteiger partial charge on any atom is -0.381 e. The van der Waals surface area contributed by atoms with E-state index in [1.54, 1.807) is 6.07 Å². The fourth-order valence-corrected chi connectivity index (χ4v) is 2.74. The molecule has 2 rings (SSSR count). The van der Waals surface area contributed by atoms with Crippen LogP contribution in [0, 0.1) is 27.4 Å². The third kappa shape index (κ3) is 3.06. The average Bonchev–Trinajstić information content (AvgIpc) is 2.48. The lowest BCUT2D eigenvalue weighted by atomic mass is 9.84. The molecule has 20 heavy (non-hydrogen) atoms. The smallest absolute Gasteiger partial charge is 0.270 e. The largest absolute Gasteiger partial charge is 0.381 e. The Kier molecular flexibility index (Phi) is 4.53. The van der Waals surface area contributed by atoms with Crippen LogP contribution in [-0.4, -0.2) is 17.5 Å². The van der Waals surface area contributed by atoms with Gasteiger partial charge in [-0.25, -0.2) is 0 Å². The lowest BCUT2D eigenvalue weighted by molar-refractivity contribution is -0.384. The summed E-state index contributed by atoms with van der Waals surface area (Å²) in [6.45, 7) is 0.618. The van der Waals surface area contributed by atoms with Crippen molar-refractivity contribution in [1.29, 1.82) is 5.26 Å². The molecule has 3 N–H and O–H groups in total. The molecule has 1 aliphatic rings. The van der Waals surface area contributed by atoms with Gasteiger partial charge >= 0.3 is 0 Å². The highest BCUT2D eigenvalue weighted by Crippen LogP contribution is 2.29. The minimum absolute atomic E-state index is 0.0638. The lowest BCUT2D eigenvalue weighted by Crippen LogP contribution is -2.36. The molecule has 1 aromatic rings. The molecular formula is C14H18N4O2. The number of nitrogens with zero attached hydrogens (tertiary/aromatic N) is 2. The van der Waals surface area contributed by atoms with Crippen molar-refractivity contribution in [2.24, 2.45) is 11.7 Å². The zero-order chi connectivity index (χ0) is 14.5. The Morgan fingerprint density at radius 3 is 2.85 bits per heavy atom. The van der Waals surface area contributed by atoms with Crippen molar-refractivity contribution in [3.05, 3.63) is 33.9 Å². The summed E-state index contributed by atoms with van der Waals surface area (Å²) in [7, 11) is 0. The highest BCUT2D eigenvalue weighted by Gasteiger charge is 2.24. The Morgan fingerprint density at radius 2 is 2.20 bits per heavy atom. The van der Waals surface area contributed by atoms with Gasteiger partial charge in [-0.3, -0.25) is 10.1 Å².